The lowest BCUT2D eigenvalue weighted by Crippen LogP contribution is -2.54. The molecular formula is C28H50O. The van der Waals surface area contributed by atoms with E-state index in [4.69, 9.17) is 0 Å². The van der Waals surface area contributed by atoms with Crippen LogP contribution in [-0.4, -0.2) is 11.2 Å². The molecule has 4 rings (SSSR count). The monoisotopic (exact) mass is 402 g/mol. The average Bonchev–Trinajstić information content (AvgIpc) is 3.03. The predicted octanol–water partition coefficient (Wildman–Crippen LogP) is 7.71. The zero-order valence-electron chi connectivity index (χ0n) is 20.4. The summed E-state index contributed by atoms with van der Waals surface area (Å²) in [6.45, 7) is 15.2. The molecule has 29 heavy (non-hydrogen) atoms. The highest BCUT2D eigenvalue weighted by Gasteiger charge is 2.60. The summed E-state index contributed by atoms with van der Waals surface area (Å²) in [7, 11) is 0. The van der Waals surface area contributed by atoms with Crippen molar-refractivity contribution < 1.29 is 5.11 Å². The van der Waals surface area contributed by atoms with E-state index in [1.54, 1.807) is 0 Å². The van der Waals surface area contributed by atoms with Crippen molar-refractivity contribution in [3.8, 4) is 0 Å². The van der Waals surface area contributed by atoms with Crippen molar-refractivity contribution in [2.75, 3.05) is 0 Å². The van der Waals surface area contributed by atoms with E-state index in [0.29, 0.717) is 10.8 Å². The molecule has 0 amide bonds. The molecule has 1 nitrogen and oxygen atoms in total. The Labute approximate surface area is 181 Å². The summed E-state index contributed by atoms with van der Waals surface area (Å²) in [5, 5.41) is 10.3. The summed E-state index contributed by atoms with van der Waals surface area (Å²) in [6, 6.07) is 0. The van der Waals surface area contributed by atoms with E-state index >= 15 is 0 Å². The van der Waals surface area contributed by atoms with Crippen molar-refractivity contribution in [3.05, 3.63) is 0 Å². The molecule has 0 saturated heterocycles. The molecule has 4 aliphatic carbocycles. The standard InChI is InChI=1S/C28H50O/c1-18(2)19(3)7-8-20(4)24-11-12-25-23-10-9-21-17-22(29)13-15-27(21,5)26(23)14-16-28(24,25)6/h18-26,29H,7-17H2,1-6H3/t19?,20?,21-,22+,23?,24?,25?,26?,27?,28?/m0/s1. The SMILES string of the molecule is CC(C)C(C)CCC(C)C1CCC2C3CC[C@H]4C[C@H](O)CCC4(C)C3CCC12C. The first-order valence-electron chi connectivity index (χ1n) is 13.3. The first-order valence-corrected chi connectivity index (χ1v) is 13.3. The molecule has 10 atom stereocenters. The van der Waals surface area contributed by atoms with Gasteiger partial charge in [-0.05, 0) is 116 Å². The molecule has 168 valence electrons. The Morgan fingerprint density at radius 3 is 2.21 bits per heavy atom. The number of hydrogen-bond acceptors (Lipinski definition) is 1. The fourth-order valence-corrected chi connectivity index (χ4v) is 9.27. The van der Waals surface area contributed by atoms with Gasteiger partial charge in [0.05, 0.1) is 6.10 Å². The van der Waals surface area contributed by atoms with Crippen molar-refractivity contribution in [2.45, 2.75) is 118 Å². The predicted molar refractivity (Wildman–Crippen MR) is 124 cm³/mol. The van der Waals surface area contributed by atoms with Crippen LogP contribution in [0.4, 0.5) is 0 Å². The van der Waals surface area contributed by atoms with Gasteiger partial charge in [0, 0.05) is 0 Å². The highest BCUT2D eigenvalue weighted by atomic mass is 16.3. The number of aliphatic hydroxyl groups excluding tert-OH is 1. The third kappa shape index (κ3) is 3.74. The number of aliphatic hydroxyl groups is 1. The van der Waals surface area contributed by atoms with Crippen LogP contribution in [0.1, 0.15) is 112 Å². The molecule has 0 aromatic carbocycles. The minimum absolute atomic E-state index is 0.0107. The van der Waals surface area contributed by atoms with Crippen LogP contribution in [0.5, 0.6) is 0 Å². The lowest BCUT2D eigenvalue weighted by molar-refractivity contribution is -0.129. The molecule has 0 aromatic heterocycles. The molecule has 0 aliphatic heterocycles. The van der Waals surface area contributed by atoms with E-state index in [1.165, 1.54) is 57.8 Å². The van der Waals surface area contributed by atoms with Crippen molar-refractivity contribution in [2.24, 2.45) is 58.2 Å². The second-order valence-corrected chi connectivity index (χ2v) is 13.1. The van der Waals surface area contributed by atoms with Crippen LogP contribution in [0, 0.1) is 58.2 Å². The van der Waals surface area contributed by atoms with Gasteiger partial charge in [-0.2, -0.15) is 0 Å². The molecule has 0 aromatic rings. The topological polar surface area (TPSA) is 20.2 Å². The highest BCUT2D eigenvalue weighted by Crippen LogP contribution is 2.68. The zero-order chi connectivity index (χ0) is 21.0. The molecule has 4 fully saturated rings. The maximum Gasteiger partial charge on any atom is 0.0543 e. The first kappa shape index (κ1) is 22.2. The third-order valence-electron chi connectivity index (χ3n) is 11.6. The fourth-order valence-electron chi connectivity index (χ4n) is 9.27. The molecule has 1 heteroatoms. The van der Waals surface area contributed by atoms with Gasteiger partial charge in [0.2, 0.25) is 0 Å². The first-order chi connectivity index (χ1) is 13.7. The minimum Gasteiger partial charge on any atom is -0.393 e. The number of rotatable bonds is 5. The van der Waals surface area contributed by atoms with E-state index in [9.17, 15) is 5.11 Å². The van der Waals surface area contributed by atoms with Crippen LogP contribution >= 0.6 is 0 Å². The Hall–Kier alpha value is -0.0400. The molecule has 0 spiro atoms. The maximum absolute atomic E-state index is 10.3. The summed E-state index contributed by atoms with van der Waals surface area (Å²) >= 11 is 0. The molecule has 4 aliphatic rings. The van der Waals surface area contributed by atoms with Crippen LogP contribution < -0.4 is 0 Å². The zero-order valence-corrected chi connectivity index (χ0v) is 20.4. The second-order valence-electron chi connectivity index (χ2n) is 13.1. The Morgan fingerprint density at radius 1 is 0.793 bits per heavy atom. The van der Waals surface area contributed by atoms with Gasteiger partial charge in [0.1, 0.15) is 0 Å². The Balaban J connectivity index is 1.46. The van der Waals surface area contributed by atoms with Crippen LogP contribution in [0.25, 0.3) is 0 Å². The van der Waals surface area contributed by atoms with Gasteiger partial charge in [-0.3, -0.25) is 0 Å². The van der Waals surface area contributed by atoms with Gasteiger partial charge in [-0.25, -0.2) is 0 Å². The largest absolute Gasteiger partial charge is 0.393 e. The Morgan fingerprint density at radius 2 is 1.48 bits per heavy atom. The average molecular weight is 403 g/mol. The molecule has 8 unspecified atom stereocenters. The third-order valence-corrected chi connectivity index (χ3v) is 11.6. The van der Waals surface area contributed by atoms with E-state index in [0.717, 1.165) is 60.2 Å². The molecule has 0 bridgehead atoms. The van der Waals surface area contributed by atoms with Gasteiger partial charge in [0.15, 0.2) is 0 Å². The van der Waals surface area contributed by atoms with E-state index in [2.05, 4.69) is 41.5 Å². The van der Waals surface area contributed by atoms with Crippen LogP contribution in [0.2, 0.25) is 0 Å². The summed E-state index contributed by atoms with van der Waals surface area (Å²) < 4.78 is 0. The van der Waals surface area contributed by atoms with E-state index in [-0.39, 0.29) is 6.10 Å². The Kier molecular flexibility index (Phi) is 6.22. The fraction of sp³-hybridized carbons (Fsp3) is 1.00. The van der Waals surface area contributed by atoms with Crippen molar-refractivity contribution in [1.82, 2.24) is 0 Å². The molecular weight excluding hydrogens is 352 g/mol. The second kappa shape index (κ2) is 8.14. The number of hydrogen-bond donors (Lipinski definition) is 1. The van der Waals surface area contributed by atoms with Crippen molar-refractivity contribution in [1.29, 1.82) is 0 Å². The van der Waals surface area contributed by atoms with Crippen molar-refractivity contribution >= 4 is 0 Å². The maximum atomic E-state index is 10.3. The van der Waals surface area contributed by atoms with Crippen LogP contribution in [0.15, 0.2) is 0 Å². The summed E-state index contributed by atoms with van der Waals surface area (Å²) in [4.78, 5) is 0. The van der Waals surface area contributed by atoms with Crippen LogP contribution in [0.3, 0.4) is 0 Å². The van der Waals surface area contributed by atoms with Gasteiger partial charge in [-0.1, -0.05) is 54.4 Å². The van der Waals surface area contributed by atoms with E-state index < -0.39 is 0 Å². The normalized spacial score (nSPS) is 49.2. The van der Waals surface area contributed by atoms with Gasteiger partial charge < -0.3 is 5.11 Å². The van der Waals surface area contributed by atoms with Gasteiger partial charge in [-0.15, -0.1) is 0 Å². The summed E-state index contributed by atoms with van der Waals surface area (Å²) in [5.41, 5.74) is 1.14. The lowest BCUT2D eigenvalue weighted by Gasteiger charge is -2.61. The molecule has 0 heterocycles. The van der Waals surface area contributed by atoms with Gasteiger partial charge in [0.25, 0.3) is 0 Å². The minimum atomic E-state index is -0.0107. The molecule has 0 radical (unpaired) electrons. The van der Waals surface area contributed by atoms with Gasteiger partial charge >= 0.3 is 0 Å². The molecule has 4 saturated carbocycles. The summed E-state index contributed by atoms with van der Waals surface area (Å²) in [6.07, 6.45) is 15.1. The molecule has 1 N–H and O–H groups in total. The van der Waals surface area contributed by atoms with Crippen LogP contribution in [-0.2, 0) is 0 Å². The number of fused-ring (bicyclic) bond motifs is 5. The highest BCUT2D eigenvalue weighted by molar-refractivity contribution is 5.09. The smallest absolute Gasteiger partial charge is 0.0543 e. The van der Waals surface area contributed by atoms with Crippen molar-refractivity contribution in [3.63, 3.8) is 0 Å². The van der Waals surface area contributed by atoms with E-state index in [1.807, 2.05) is 0 Å². The Bertz CT molecular complexity index is 569. The quantitative estimate of drug-likeness (QED) is 0.499. The summed E-state index contributed by atoms with van der Waals surface area (Å²) in [5.74, 6) is 7.28. The lowest BCUT2D eigenvalue weighted by atomic mass is 9.44.